The van der Waals surface area contributed by atoms with Crippen LogP contribution in [0.4, 0.5) is 0 Å². The molecule has 1 aromatic carbocycles. The highest BCUT2D eigenvalue weighted by molar-refractivity contribution is 7.88. The number of nitrogens with zero attached hydrogens (tertiary/aromatic N) is 4. The molecule has 0 N–H and O–H groups in total. The standard InChI is InChI=1S/C18H22N4O2S/c23-25(24,15-16-6-2-1-3-7-16)21-10-11-22-18(14-21)12-17(19-22)13-20-8-4-5-9-20/h1-7,12H,8-11,13-15H2. The Labute approximate surface area is 148 Å². The summed E-state index contributed by atoms with van der Waals surface area (Å²) < 4.78 is 29.0. The van der Waals surface area contributed by atoms with Gasteiger partial charge < -0.3 is 0 Å². The molecule has 25 heavy (non-hydrogen) atoms. The van der Waals surface area contributed by atoms with Crippen LogP contribution in [0.2, 0.25) is 0 Å². The van der Waals surface area contributed by atoms with E-state index in [1.54, 1.807) is 4.31 Å². The summed E-state index contributed by atoms with van der Waals surface area (Å²) in [5, 5.41) is 4.64. The maximum atomic E-state index is 12.7. The zero-order valence-corrected chi connectivity index (χ0v) is 14.9. The number of aromatic nitrogens is 2. The fraction of sp³-hybridized carbons (Fsp3) is 0.389. The Morgan fingerprint density at radius 3 is 2.56 bits per heavy atom. The Balaban J connectivity index is 1.45. The van der Waals surface area contributed by atoms with Gasteiger partial charge in [0.2, 0.25) is 10.0 Å². The lowest BCUT2D eigenvalue weighted by Gasteiger charge is -2.26. The SMILES string of the molecule is O=S(=O)(Cc1ccccc1)N1CCn2nc(CN3CC=CC3)cc2C1. The van der Waals surface area contributed by atoms with Crippen LogP contribution in [0.5, 0.6) is 0 Å². The minimum Gasteiger partial charge on any atom is -0.290 e. The number of rotatable bonds is 5. The minimum absolute atomic E-state index is 0.0499. The molecule has 4 rings (SSSR count). The molecule has 0 fully saturated rings. The predicted octanol–water partition coefficient (Wildman–Crippen LogP) is 1.60. The van der Waals surface area contributed by atoms with Crippen LogP contribution in [0, 0.1) is 0 Å². The van der Waals surface area contributed by atoms with Crippen LogP contribution in [-0.2, 0) is 35.4 Å². The lowest BCUT2D eigenvalue weighted by molar-refractivity contribution is 0.320. The van der Waals surface area contributed by atoms with Gasteiger partial charge in [-0.1, -0.05) is 42.5 Å². The molecule has 0 atom stereocenters. The molecular formula is C18H22N4O2S. The zero-order valence-electron chi connectivity index (χ0n) is 14.1. The van der Waals surface area contributed by atoms with E-state index in [2.05, 4.69) is 22.2 Å². The Hall–Kier alpha value is -1.96. The monoisotopic (exact) mass is 358 g/mol. The van der Waals surface area contributed by atoms with Crippen LogP contribution < -0.4 is 0 Å². The molecule has 6 nitrogen and oxygen atoms in total. The van der Waals surface area contributed by atoms with Gasteiger partial charge in [-0.25, -0.2) is 8.42 Å². The van der Waals surface area contributed by atoms with Crippen molar-refractivity contribution in [3.8, 4) is 0 Å². The highest BCUT2D eigenvalue weighted by Crippen LogP contribution is 2.20. The van der Waals surface area contributed by atoms with Gasteiger partial charge in [0.25, 0.3) is 0 Å². The summed E-state index contributed by atoms with van der Waals surface area (Å²) in [7, 11) is -3.32. The minimum atomic E-state index is -3.32. The lowest BCUT2D eigenvalue weighted by atomic mass is 10.2. The van der Waals surface area contributed by atoms with E-state index in [0.29, 0.717) is 19.6 Å². The highest BCUT2D eigenvalue weighted by atomic mass is 32.2. The first-order chi connectivity index (χ1) is 12.1. The molecule has 0 saturated carbocycles. The van der Waals surface area contributed by atoms with E-state index in [1.165, 1.54) is 0 Å². The van der Waals surface area contributed by atoms with Gasteiger partial charge in [-0.15, -0.1) is 0 Å². The second kappa shape index (κ2) is 6.74. The Morgan fingerprint density at radius 2 is 1.80 bits per heavy atom. The maximum Gasteiger partial charge on any atom is 0.218 e. The second-order valence-corrected chi connectivity index (χ2v) is 8.56. The van der Waals surface area contributed by atoms with E-state index in [9.17, 15) is 8.42 Å². The van der Waals surface area contributed by atoms with Gasteiger partial charge in [0, 0.05) is 26.2 Å². The number of hydrogen-bond donors (Lipinski definition) is 0. The molecule has 0 aliphatic carbocycles. The first-order valence-electron chi connectivity index (χ1n) is 8.55. The first kappa shape index (κ1) is 16.5. The number of sulfonamides is 1. The van der Waals surface area contributed by atoms with Crippen LogP contribution in [0.1, 0.15) is 17.0 Å². The quantitative estimate of drug-likeness (QED) is 0.762. The predicted molar refractivity (Wildman–Crippen MR) is 96.1 cm³/mol. The third-order valence-electron chi connectivity index (χ3n) is 4.68. The largest absolute Gasteiger partial charge is 0.290 e. The summed E-state index contributed by atoms with van der Waals surface area (Å²) in [6.07, 6.45) is 4.32. The van der Waals surface area contributed by atoms with Gasteiger partial charge in [0.1, 0.15) is 0 Å². The summed E-state index contributed by atoms with van der Waals surface area (Å²) in [6.45, 7) is 4.22. The number of fused-ring (bicyclic) bond motifs is 1. The molecule has 132 valence electrons. The van der Waals surface area contributed by atoms with Crippen molar-refractivity contribution in [2.24, 2.45) is 0 Å². The molecule has 2 aliphatic rings. The number of hydrogen-bond acceptors (Lipinski definition) is 4. The molecule has 0 unspecified atom stereocenters. The van der Waals surface area contributed by atoms with E-state index >= 15 is 0 Å². The van der Waals surface area contributed by atoms with E-state index in [1.807, 2.05) is 41.1 Å². The van der Waals surface area contributed by atoms with Crippen LogP contribution in [0.25, 0.3) is 0 Å². The van der Waals surface area contributed by atoms with E-state index in [4.69, 9.17) is 0 Å². The van der Waals surface area contributed by atoms with Crippen molar-refractivity contribution in [2.45, 2.75) is 25.4 Å². The molecule has 0 amide bonds. The van der Waals surface area contributed by atoms with Crippen molar-refractivity contribution in [3.05, 3.63) is 65.5 Å². The van der Waals surface area contributed by atoms with Crippen molar-refractivity contribution in [3.63, 3.8) is 0 Å². The van der Waals surface area contributed by atoms with E-state index in [0.717, 1.165) is 36.6 Å². The van der Waals surface area contributed by atoms with Crippen molar-refractivity contribution < 1.29 is 8.42 Å². The van der Waals surface area contributed by atoms with Gasteiger partial charge in [-0.05, 0) is 11.6 Å². The smallest absolute Gasteiger partial charge is 0.218 e. The molecule has 2 aromatic rings. The topological polar surface area (TPSA) is 58.4 Å². The van der Waals surface area contributed by atoms with Crippen molar-refractivity contribution in [1.29, 1.82) is 0 Å². The molecule has 0 radical (unpaired) electrons. The van der Waals surface area contributed by atoms with Crippen molar-refractivity contribution in [2.75, 3.05) is 19.6 Å². The Morgan fingerprint density at radius 1 is 1.04 bits per heavy atom. The molecule has 7 heteroatoms. The molecule has 0 spiro atoms. The van der Waals surface area contributed by atoms with Gasteiger partial charge >= 0.3 is 0 Å². The third-order valence-corrected chi connectivity index (χ3v) is 6.47. The summed E-state index contributed by atoms with van der Waals surface area (Å²) in [6, 6.07) is 11.4. The maximum absolute atomic E-state index is 12.7. The first-order valence-corrected chi connectivity index (χ1v) is 10.2. The van der Waals surface area contributed by atoms with E-state index < -0.39 is 10.0 Å². The fourth-order valence-electron chi connectivity index (χ4n) is 3.37. The van der Waals surface area contributed by atoms with Crippen LogP contribution in [0.3, 0.4) is 0 Å². The summed E-state index contributed by atoms with van der Waals surface area (Å²) in [5.74, 6) is 0.0499. The van der Waals surface area contributed by atoms with Crippen LogP contribution >= 0.6 is 0 Å². The van der Waals surface area contributed by atoms with Gasteiger partial charge in [-0.3, -0.25) is 9.58 Å². The lowest BCUT2D eigenvalue weighted by Crippen LogP contribution is -2.39. The van der Waals surface area contributed by atoms with Gasteiger partial charge in [0.15, 0.2) is 0 Å². The number of benzene rings is 1. The molecule has 0 saturated heterocycles. The molecule has 2 aliphatic heterocycles. The fourth-order valence-corrected chi connectivity index (χ4v) is 4.86. The Bertz CT molecular complexity index is 866. The molecule has 3 heterocycles. The zero-order chi connectivity index (χ0) is 17.3. The van der Waals surface area contributed by atoms with Gasteiger partial charge in [-0.2, -0.15) is 9.40 Å². The molecular weight excluding hydrogens is 336 g/mol. The second-order valence-electron chi connectivity index (χ2n) is 6.59. The average molecular weight is 358 g/mol. The summed E-state index contributed by atoms with van der Waals surface area (Å²) >= 11 is 0. The Kier molecular flexibility index (Phi) is 4.45. The normalized spacial score (nSPS) is 18.6. The summed E-state index contributed by atoms with van der Waals surface area (Å²) in [4.78, 5) is 2.30. The van der Waals surface area contributed by atoms with Crippen LogP contribution in [0.15, 0.2) is 48.6 Å². The molecule has 0 bridgehead atoms. The van der Waals surface area contributed by atoms with Crippen LogP contribution in [-0.4, -0.2) is 47.0 Å². The van der Waals surface area contributed by atoms with Crippen molar-refractivity contribution in [1.82, 2.24) is 19.0 Å². The highest BCUT2D eigenvalue weighted by Gasteiger charge is 2.28. The van der Waals surface area contributed by atoms with Gasteiger partial charge in [0.05, 0.1) is 30.2 Å². The summed E-state index contributed by atoms with van der Waals surface area (Å²) in [5.41, 5.74) is 2.81. The molecule has 1 aromatic heterocycles. The average Bonchev–Trinajstić information content (AvgIpc) is 3.24. The van der Waals surface area contributed by atoms with Crippen molar-refractivity contribution >= 4 is 10.0 Å². The third kappa shape index (κ3) is 3.68. The van der Waals surface area contributed by atoms with E-state index in [-0.39, 0.29) is 5.75 Å².